The fourth-order valence-corrected chi connectivity index (χ4v) is 4.78. The number of nitrogens with zero attached hydrogens (tertiary/aromatic N) is 2. The lowest BCUT2D eigenvalue weighted by Crippen LogP contribution is -2.31. The third-order valence-corrected chi connectivity index (χ3v) is 6.21. The topological polar surface area (TPSA) is 31.9 Å². The van der Waals surface area contributed by atoms with E-state index in [9.17, 15) is 0 Å². The van der Waals surface area contributed by atoms with Crippen LogP contribution in [0.2, 0.25) is 0 Å². The summed E-state index contributed by atoms with van der Waals surface area (Å²) >= 11 is 1.76. The summed E-state index contributed by atoms with van der Waals surface area (Å²) in [6.45, 7) is 4.14. The van der Waals surface area contributed by atoms with Crippen molar-refractivity contribution in [1.29, 1.82) is 0 Å². The number of nitrogens with one attached hydrogen (secondary N) is 1. The number of likely N-dealkylation sites (N-methyl/N-ethyl adjacent to an activating group) is 1. The number of aryl methyl sites for hydroxylation is 1. The number of fused-ring (bicyclic) bond motifs is 2. The molecule has 1 N–H and O–H groups in total. The van der Waals surface area contributed by atoms with Gasteiger partial charge < -0.3 is 9.88 Å². The Kier molecular flexibility index (Phi) is 3.69. The summed E-state index contributed by atoms with van der Waals surface area (Å²) in [5.74, 6) is 0.378. The molecule has 0 aliphatic carbocycles. The lowest BCUT2D eigenvalue weighted by molar-refractivity contribution is 0.294. The van der Waals surface area contributed by atoms with Crippen LogP contribution in [-0.2, 0) is 6.54 Å². The molecule has 0 spiro atoms. The Hall–Kier alpha value is -2.43. The molecule has 26 heavy (non-hydrogen) atoms. The maximum atomic E-state index is 4.56. The minimum atomic E-state index is 0.378. The van der Waals surface area contributed by atoms with Crippen molar-refractivity contribution in [2.75, 3.05) is 13.6 Å². The molecule has 1 atom stereocenters. The van der Waals surface area contributed by atoms with Crippen LogP contribution in [0.1, 0.15) is 27.6 Å². The van der Waals surface area contributed by atoms with E-state index in [1.807, 2.05) is 6.20 Å². The van der Waals surface area contributed by atoms with Gasteiger partial charge in [-0.2, -0.15) is 0 Å². The summed E-state index contributed by atoms with van der Waals surface area (Å²) in [7, 11) is 2.21. The second kappa shape index (κ2) is 6.08. The highest BCUT2D eigenvalue weighted by atomic mass is 32.1. The summed E-state index contributed by atoms with van der Waals surface area (Å²) < 4.78 is 0. The van der Waals surface area contributed by atoms with Crippen LogP contribution in [0.25, 0.3) is 21.5 Å². The number of rotatable bonds is 2. The highest BCUT2D eigenvalue weighted by Gasteiger charge is 2.26. The van der Waals surface area contributed by atoms with E-state index in [1.54, 1.807) is 11.3 Å². The number of thiazole rings is 1. The normalized spacial score (nSPS) is 17.5. The van der Waals surface area contributed by atoms with Gasteiger partial charge in [-0.1, -0.05) is 30.3 Å². The van der Waals surface area contributed by atoms with Crippen LogP contribution in [-0.4, -0.2) is 28.5 Å². The summed E-state index contributed by atoms with van der Waals surface area (Å²) in [6, 6.07) is 17.7. The van der Waals surface area contributed by atoms with Gasteiger partial charge in [0.25, 0.3) is 0 Å². The number of H-pyrrole nitrogens is 1. The Morgan fingerprint density at radius 3 is 2.85 bits per heavy atom. The van der Waals surface area contributed by atoms with Gasteiger partial charge in [-0.3, -0.25) is 0 Å². The second-order valence-corrected chi connectivity index (χ2v) is 8.49. The van der Waals surface area contributed by atoms with Gasteiger partial charge in [0.2, 0.25) is 0 Å². The fourth-order valence-electron chi connectivity index (χ4n) is 4.02. The first-order valence-electron chi connectivity index (χ1n) is 8.99. The van der Waals surface area contributed by atoms with Crippen LogP contribution in [0, 0.1) is 6.92 Å². The Labute approximate surface area is 157 Å². The standard InChI is InChI=1S/C22H21N3S/c1-14-11-23-22(26-14)16-7-8-18-17(9-16)12-25(2)13-19(18)21-10-15-5-3-4-6-20(15)24-21/h3-11,19,24H,12-13H2,1-2H3. The number of hydrogen-bond donors (Lipinski definition) is 1. The molecule has 0 bridgehead atoms. The zero-order valence-electron chi connectivity index (χ0n) is 15.0. The van der Waals surface area contributed by atoms with Crippen LogP contribution in [0.3, 0.4) is 0 Å². The molecule has 1 aliphatic rings. The summed E-state index contributed by atoms with van der Waals surface area (Å²) in [4.78, 5) is 11.9. The number of aromatic nitrogens is 2. The van der Waals surface area contributed by atoms with Gasteiger partial charge in [-0.25, -0.2) is 4.98 Å². The van der Waals surface area contributed by atoms with E-state index in [0.717, 1.165) is 18.1 Å². The summed E-state index contributed by atoms with van der Waals surface area (Å²) in [6.07, 6.45) is 1.96. The average Bonchev–Trinajstić information content (AvgIpc) is 3.26. The third-order valence-electron chi connectivity index (χ3n) is 5.25. The number of para-hydroxylation sites is 1. The van der Waals surface area contributed by atoms with E-state index in [2.05, 4.69) is 77.4 Å². The van der Waals surface area contributed by atoms with E-state index >= 15 is 0 Å². The number of hydrogen-bond acceptors (Lipinski definition) is 3. The van der Waals surface area contributed by atoms with E-state index in [4.69, 9.17) is 0 Å². The molecule has 0 saturated carbocycles. The predicted molar refractivity (Wildman–Crippen MR) is 109 cm³/mol. The Morgan fingerprint density at radius 2 is 2.04 bits per heavy atom. The molecule has 0 saturated heterocycles. The van der Waals surface area contributed by atoms with E-state index in [-0.39, 0.29) is 0 Å². The number of benzene rings is 2. The first-order valence-corrected chi connectivity index (χ1v) is 9.81. The average molecular weight is 359 g/mol. The van der Waals surface area contributed by atoms with Crippen molar-refractivity contribution in [3.05, 3.63) is 76.4 Å². The highest BCUT2D eigenvalue weighted by molar-refractivity contribution is 7.14. The quantitative estimate of drug-likeness (QED) is 0.535. The van der Waals surface area contributed by atoms with Gasteiger partial charge in [0.15, 0.2) is 0 Å². The van der Waals surface area contributed by atoms with Gasteiger partial charge in [0, 0.05) is 46.9 Å². The minimum Gasteiger partial charge on any atom is -0.358 e. The highest BCUT2D eigenvalue weighted by Crippen LogP contribution is 2.36. The van der Waals surface area contributed by atoms with Gasteiger partial charge >= 0.3 is 0 Å². The molecule has 0 amide bonds. The first kappa shape index (κ1) is 15.8. The molecule has 1 aliphatic heterocycles. The fraction of sp³-hybridized carbons (Fsp3) is 0.227. The van der Waals surface area contributed by atoms with Crippen molar-refractivity contribution < 1.29 is 0 Å². The van der Waals surface area contributed by atoms with Crippen molar-refractivity contribution in [3.63, 3.8) is 0 Å². The van der Waals surface area contributed by atoms with Crippen molar-refractivity contribution >= 4 is 22.2 Å². The lowest BCUT2D eigenvalue weighted by Gasteiger charge is -2.32. The van der Waals surface area contributed by atoms with E-state index in [0.29, 0.717) is 5.92 Å². The van der Waals surface area contributed by atoms with Crippen molar-refractivity contribution in [2.24, 2.45) is 0 Å². The molecule has 3 nitrogen and oxygen atoms in total. The largest absolute Gasteiger partial charge is 0.358 e. The molecule has 4 aromatic rings. The van der Waals surface area contributed by atoms with Crippen molar-refractivity contribution in [3.8, 4) is 10.6 Å². The molecular weight excluding hydrogens is 338 g/mol. The van der Waals surface area contributed by atoms with E-state index in [1.165, 1.54) is 38.2 Å². The molecule has 2 aromatic heterocycles. The Balaban J connectivity index is 1.59. The number of aromatic amines is 1. The van der Waals surface area contributed by atoms with Crippen molar-refractivity contribution in [1.82, 2.24) is 14.9 Å². The van der Waals surface area contributed by atoms with Gasteiger partial charge in [0.1, 0.15) is 5.01 Å². The summed E-state index contributed by atoms with van der Waals surface area (Å²) in [5.41, 5.74) is 6.59. The van der Waals surface area contributed by atoms with Crippen LogP contribution < -0.4 is 0 Å². The zero-order chi connectivity index (χ0) is 17.7. The maximum absolute atomic E-state index is 4.56. The molecule has 130 valence electrons. The molecule has 0 fully saturated rings. The summed E-state index contributed by atoms with van der Waals surface area (Å²) in [5, 5.41) is 2.40. The van der Waals surface area contributed by atoms with Crippen LogP contribution >= 0.6 is 11.3 Å². The van der Waals surface area contributed by atoms with Crippen LogP contribution in [0.4, 0.5) is 0 Å². The maximum Gasteiger partial charge on any atom is 0.123 e. The third kappa shape index (κ3) is 2.66. The molecule has 1 unspecified atom stereocenters. The molecule has 2 aromatic carbocycles. The Morgan fingerprint density at radius 1 is 1.15 bits per heavy atom. The lowest BCUT2D eigenvalue weighted by atomic mass is 9.86. The first-order chi connectivity index (χ1) is 12.7. The molecule has 0 radical (unpaired) electrons. The SMILES string of the molecule is Cc1cnc(-c2ccc3c(c2)CN(C)CC3c2cc3ccccc3[nH]2)s1. The van der Waals surface area contributed by atoms with Gasteiger partial charge in [0.05, 0.1) is 0 Å². The monoisotopic (exact) mass is 359 g/mol. The smallest absolute Gasteiger partial charge is 0.123 e. The molecule has 4 heteroatoms. The molecular formula is C22H21N3S. The molecule has 3 heterocycles. The van der Waals surface area contributed by atoms with E-state index < -0.39 is 0 Å². The van der Waals surface area contributed by atoms with Crippen LogP contribution in [0.15, 0.2) is 54.7 Å². The zero-order valence-corrected chi connectivity index (χ0v) is 15.8. The predicted octanol–water partition coefficient (Wildman–Crippen LogP) is 5.18. The van der Waals surface area contributed by atoms with Gasteiger partial charge in [-0.05, 0) is 48.7 Å². The molecule has 5 rings (SSSR count). The van der Waals surface area contributed by atoms with Crippen LogP contribution in [0.5, 0.6) is 0 Å². The Bertz CT molecular complexity index is 1060. The van der Waals surface area contributed by atoms with Crippen molar-refractivity contribution in [2.45, 2.75) is 19.4 Å². The van der Waals surface area contributed by atoms with Gasteiger partial charge in [-0.15, -0.1) is 11.3 Å². The minimum absolute atomic E-state index is 0.378. The second-order valence-electron chi connectivity index (χ2n) is 7.25.